The SMILES string of the molecule is CSc1ccccc1NC(=O)CN(C)Cc1coc(-c2ccc(C)cc2)n1. The van der Waals surface area contributed by atoms with Gasteiger partial charge in [0.25, 0.3) is 0 Å². The molecule has 0 atom stereocenters. The summed E-state index contributed by atoms with van der Waals surface area (Å²) in [5.41, 5.74) is 3.78. The summed E-state index contributed by atoms with van der Waals surface area (Å²) in [4.78, 5) is 19.8. The van der Waals surface area contributed by atoms with Crippen molar-refractivity contribution in [3.8, 4) is 11.5 Å². The van der Waals surface area contributed by atoms with E-state index in [1.54, 1.807) is 18.0 Å². The van der Waals surface area contributed by atoms with Crippen LogP contribution in [0.3, 0.4) is 0 Å². The number of rotatable bonds is 7. The topological polar surface area (TPSA) is 58.4 Å². The molecule has 0 saturated heterocycles. The van der Waals surface area contributed by atoms with Crippen LogP contribution in [-0.2, 0) is 11.3 Å². The average Bonchev–Trinajstić information content (AvgIpc) is 3.10. The molecule has 0 unspecified atom stereocenters. The molecule has 0 aliphatic carbocycles. The zero-order chi connectivity index (χ0) is 19.2. The van der Waals surface area contributed by atoms with Crippen molar-refractivity contribution < 1.29 is 9.21 Å². The second-order valence-corrected chi connectivity index (χ2v) is 7.28. The zero-order valence-corrected chi connectivity index (χ0v) is 16.5. The van der Waals surface area contributed by atoms with Crippen LogP contribution in [0.4, 0.5) is 5.69 Å². The molecular formula is C21H23N3O2S. The molecule has 1 heterocycles. The van der Waals surface area contributed by atoms with Crippen molar-refractivity contribution in [3.63, 3.8) is 0 Å². The first-order valence-electron chi connectivity index (χ1n) is 8.68. The summed E-state index contributed by atoms with van der Waals surface area (Å²) < 4.78 is 5.58. The second kappa shape index (κ2) is 8.88. The predicted molar refractivity (Wildman–Crippen MR) is 110 cm³/mol. The summed E-state index contributed by atoms with van der Waals surface area (Å²) >= 11 is 1.61. The van der Waals surface area contributed by atoms with Gasteiger partial charge in [-0.3, -0.25) is 9.69 Å². The number of aryl methyl sites for hydroxylation is 1. The molecule has 1 N–H and O–H groups in total. The highest BCUT2D eigenvalue weighted by Crippen LogP contribution is 2.24. The highest BCUT2D eigenvalue weighted by molar-refractivity contribution is 7.98. The third-order valence-electron chi connectivity index (χ3n) is 4.08. The smallest absolute Gasteiger partial charge is 0.238 e. The Morgan fingerprint density at radius 1 is 1.19 bits per heavy atom. The Balaban J connectivity index is 1.57. The first-order valence-corrected chi connectivity index (χ1v) is 9.90. The number of hydrogen-bond donors (Lipinski definition) is 1. The van der Waals surface area contributed by atoms with Gasteiger partial charge in [-0.1, -0.05) is 29.8 Å². The van der Waals surface area contributed by atoms with Gasteiger partial charge in [-0.15, -0.1) is 11.8 Å². The highest BCUT2D eigenvalue weighted by Gasteiger charge is 2.12. The molecule has 6 heteroatoms. The van der Waals surface area contributed by atoms with Gasteiger partial charge in [-0.25, -0.2) is 4.98 Å². The predicted octanol–water partition coefficient (Wildman–Crippen LogP) is 4.44. The second-order valence-electron chi connectivity index (χ2n) is 6.43. The number of likely N-dealkylation sites (N-methyl/N-ethyl adjacent to an activating group) is 1. The van der Waals surface area contributed by atoms with Gasteiger partial charge in [0.1, 0.15) is 6.26 Å². The fourth-order valence-electron chi connectivity index (χ4n) is 2.72. The van der Waals surface area contributed by atoms with Crippen LogP contribution in [0.25, 0.3) is 11.5 Å². The van der Waals surface area contributed by atoms with Gasteiger partial charge >= 0.3 is 0 Å². The monoisotopic (exact) mass is 381 g/mol. The minimum absolute atomic E-state index is 0.0544. The Morgan fingerprint density at radius 2 is 1.93 bits per heavy atom. The molecule has 0 aliphatic rings. The third kappa shape index (κ3) is 5.21. The number of thioether (sulfide) groups is 1. The first-order chi connectivity index (χ1) is 13.0. The van der Waals surface area contributed by atoms with E-state index in [2.05, 4.69) is 10.3 Å². The summed E-state index contributed by atoms with van der Waals surface area (Å²) in [6.07, 6.45) is 3.64. The Hall–Kier alpha value is -2.57. The van der Waals surface area contributed by atoms with E-state index in [0.717, 1.165) is 21.8 Å². The lowest BCUT2D eigenvalue weighted by molar-refractivity contribution is -0.117. The fraction of sp³-hybridized carbons (Fsp3) is 0.238. The van der Waals surface area contributed by atoms with E-state index in [9.17, 15) is 4.79 Å². The van der Waals surface area contributed by atoms with E-state index >= 15 is 0 Å². The van der Waals surface area contributed by atoms with E-state index in [4.69, 9.17) is 4.42 Å². The quantitative estimate of drug-likeness (QED) is 0.613. The van der Waals surface area contributed by atoms with Crippen molar-refractivity contribution in [2.45, 2.75) is 18.4 Å². The molecule has 140 valence electrons. The lowest BCUT2D eigenvalue weighted by Crippen LogP contribution is -2.30. The zero-order valence-electron chi connectivity index (χ0n) is 15.7. The number of anilines is 1. The number of nitrogens with one attached hydrogen (secondary N) is 1. The molecule has 1 aromatic heterocycles. The lowest BCUT2D eigenvalue weighted by Gasteiger charge is -2.15. The molecule has 2 aromatic carbocycles. The van der Waals surface area contributed by atoms with Crippen molar-refractivity contribution in [1.82, 2.24) is 9.88 Å². The van der Waals surface area contributed by atoms with E-state index in [1.165, 1.54) is 5.56 Å². The molecule has 27 heavy (non-hydrogen) atoms. The van der Waals surface area contributed by atoms with Gasteiger partial charge in [0, 0.05) is 17.0 Å². The number of amides is 1. The first kappa shape index (κ1) is 19.2. The Morgan fingerprint density at radius 3 is 2.67 bits per heavy atom. The van der Waals surface area contributed by atoms with Crippen LogP contribution in [0.15, 0.2) is 64.1 Å². The molecule has 3 aromatic rings. The molecule has 0 radical (unpaired) electrons. The van der Waals surface area contributed by atoms with Gasteiger partial charge in [-0.05, 0) is 44.5 Å². The number of nitrogens with zero attached hydrogens (tertiary/aromatic N) is 2. The van der Waals surface area contributed by atoms with Crippen molar-refractivity contribution >= 4 is 23.4 Å². The maximum absolute atomic E-state index is 12.3. The van der Waals surface area contributed by atoms with Crippen LogP contribution >= 0.6 is 11.8 Å². The number of aromatic nitrogens is 1. The normalized spacial score (nSPS) is 11.0. The van der Waals surface area contributed by atoms with Crippen molar-refractivity contribution in [3.05, 3.63) is 66.1 Å². The van der Waals surface area contributed by atoms with Gasteiger partial charge < -0.3 is 9.73 Å². The van der Waals surface area contributed by atoms with E-state index in [0.29, 0.717) is 12.4 Å². The average molecular weight is 382 g/mol. The maximum atomic E-state index is 12.3. The lowest BCUT2D eigenvalue weighted by atomic mass is 10.1. The van der Waals surface area contributed by atoms with Gasteiger partial charge in [0.2, 0.25) is 11.8 Å². The summed E-state index contributed by atoms with van der Waals surface area (Å²) in [5.74, 6) is 0.540. The highest BCUT2D eigenvalue weighted by atomic mass is 32.2. The Bertz CT molecular complexity index is 906. The van der Waals surface area contributed by atoms with E-state index < -0.39 is 0 Å². The molecule has 3 rings (SSSR count). The van der Waals surface area contributed by atoms with Crippen LogP contribution in [-0.4, -0.2) is 35.6 Å². The van der Waals surface area contributed by atoms with Gasteiger partial charge in [0.15, 0.2) is 0 Å². The maximum Gasteiger partial charge on any atom is 0.238 e. The number of para-hydroxylation sites is 1. The van der Waals surface area contributed by atoms with Gasteiger partial charge in [0.05, 0.1) is 17.9 Å². The number of hydrogen-bond acceptors (Lipinski definition) is 5. The van der Waals surface area contributed by atoms with E-state index in [-0.39, 0.29) is 12.5 Å². The van der Waals surface area contributed by atoms with Crippen molar-refractivity contribution in [2.75, 3.05) is 25.2 Å². The molecule has 0 bridgehead atoms. The van der Waals surface area contributed by atoms with Crippen LogP contribution in [0.5, 0.6) is 0 Å². The summed E-state index contributed by atoms with van der Waals surface area (Å²) in [7, 11) is 1.89. The minimum atomic E-state index is -0.0544. The molecule has 0 saturated carbocycles. The largest absolute Gasteiger partial charge is 0.444 e. The Labute approximate surface area is 163 Å². The molecule has 0 fully saturated rings. The van der Waals surface area contributed by atoms with Crippen LogP contribution < -0.4 is 5.32 Å². The standard InChI is InChI=1S/C21H23N3O2S/c1-15-8-10-16(11-9-15)21-22-17(14-26-21)12-24(2)13-20(25)23-18-6-4-5-7-19(18)27-3/h4-11,14H,12-13H2,1-3H3,(H,23,25). The van der Waals surface area contributed by atoms with Crippen LogP contribution in [0.2, 0.25) is 0 Å². The number of carbonyl (C=O) groups is 1. The van der Waals surface area contributed by atoms with Crippen molar-refractivity contribution in [2.24, 2.45) is 0 Å². The molecule has 1 amide bonds. The summed E-state index contributed by atoms with van der Waals surface area (Å²) in [6.45, 7) is 2.85. The molecule has 0 spiro atoms. The summed E-state index contributed by atoms with van der Waals surface area (Å²) in [5, 5.41) is 2.97. The summed E-state index contributed by atoms with van der Waals surface area (Å²) in [6, 6.07) is 15.8. The molecular weight excluding hydrogens is 358 g/mol. The molecule has 0 aliphatic heterocycles. The van der Waals surface area contributed by atoms with Crippen LogP contribution in [0.1, 0.15) is 11.3 Å². The fourth-order valence-corrected chi connectivity index (χ4v) is 3.28. The number of oxazole rings is 1. The number of benzene rings is 2. The minimum Gasteiger partial charge on any atom is -0.444 e. The van der Waals surface area contributed by atoms with Crippen molar-refractivity contribution in [1.29, 1.82) is 0 Å². The van der Waals surface area contributed by atoms with Gasteiger partial charge in [-0.2, -0.15) is 0 Å². The molecule has 5 nitrogen and oxygen atoms in total. The Kier molecular flexibility index (Phi) is 6.32. The third-order valence-corrected chi connectivity index (χ3v) is 4.87. The number of carbonyl (C=O) groups excluding carboxylic acids is 1. The van der Waals surface area contributed by atoms with Crippen LogP contribution in [0, 0.1) is 6.92 Å². The van der Waals surface area contributed by atoms with E-state index in [1.807, 2.05) is 73.7 Å².